The molecule has 0 saturated carbocycles. The summed E-state index contributed by atoms with van der Waals surface area (Å²) in [4.78, 5) is 27.7. The fourth-order valence-electron chi connectivity index (χ4n) is 3.52. The van der Waals surface area contributed by atoms with Crippen LogP contribution >= 0.6 is 11.8 Å². The molecule has 0 spiro atoms. The number of fused-ring (bicyclic) bond motifs is 2. The molecule has 0 N–H and O–H groups in total. The number of thioether (sulfide) groups is 1. The summed E-state index contributed by atoms with van der Waals surface area (Å²) in [5.74, 6) is 1.42. The van der Waals surface area contributed by atoms with Crippen LogP contribution in [0.1, 0.15) is 22.3 Å². The minimum atomic E-state index is -0.364. The number of methoxy groups -OCH3 is 1. The van der Waals surface area contributed by atoms with Gasteiger partial charge in [0, 0.05) is 17.1 Å². The van der Waals surface area contributed by atoms with Gasteiger partial charge in [0.15, 0.2) is 11.5 Å². The van der Waals surface area contributed by atoms with Crippen molar-refractivity contribution in [2.24, 2.45) is 0 Å². The standard InChI is InChI=1S/C21H21NO5S/c1-25-21(24)16-4-2-6-17-15(16)5-3-9-22(17)20(23)13-28-14-7-8-18-19(12-14)27-11-10-26-18/h2,4,6-8,12H,3,5,9-11,13H2,1H3. The van der Waals surface area contributed by atoms with Crippen LogP contribution < -0.4 is 14.4 Å². The van der Waals surface area contributed by atoms with E-state index in [1.807, 2.05) is 24.3 Å². The van der Waals surface area contributed by atoms with Gasteiger partial charge in [-0.05, 0) is 48.7 Å². The van der Waals surface area contributed by atoms with Gasteiger partial charge in [-0.2, -0.15) is 0 Å². The zero-order chi connectivity index (χ0) is 19.5. The van der Waals surface area contributed by atoms with Gasteiger partial charge in [-0.25, -0.2) is 4.79 Å². The van der Waals surface area contributed by atoms with E-state index < -0.39 is 0 Å². The van der Waals surface area contributed by atoms with Crippen molar-refractivity contribution in [3.8, 4) is 11.5 Å². The number of benzene rings is 2. The number of carbonyl (C=O) groups excluding carboxylic acids is 2. The van der Waals surface area contributed by atoms with E-state index >= 15 is 0 Å². The van der Waals surface area contributed by atoms with E-state index in [4.69, 9.17) is 14.2 Å². The lowest BCUT2D eigenvalue weighted by atomic mass is 9.96. The molecule has 1 amide bonds. The van der Waals surface area contributed by atoms with Crippen LogP contribution in [0.25, 0.3) is 0 Å². The second kappa shape index (κ2) is 8.14. The van der Waals surface area contributed by atoms with Gasteiger partial charge in [-0.15, -0.1) is 11.8 Å². The first-order chi connectivity index (χ1) is 13.7. The number of hydrogen-bond acceptors (Lipinski definition) is 6. The van der Waals surface area contributed by atoms with Crippen LogP contribution in [0, 0.1) is 0 Å². The van der Waals surface area contributed by atoms with Gasteiger partial charge in [-0.3, -0.25) is 4.79 Å². The molecule has 0 aliphatic carbocycles. The largest absolute Gasteiger partial charge is 0.486 e. The minimum Gasteiger partial charge on any atom is -0.486 e. The number of rotatable bonds is 4. The van der Waals surface area contributed by atoms with Crippen LogP contribution in [-0.2, 0) is 16.0 Å². The Kier molecular flexibility index (Phi) is 5.43. The second-order valence-electron chi connectivity index (χ2n) is 6.54. The van der Waals surface area contributed by atoms with Gasteiger partial charge in [0.2, 0.25) is 5.91 Å². The predicted octanol–water partition coefficient (Wildman–Crippen LogP) is 3.32. The van der Waals surface area contributed by atoms with E-state index in [1.165, 1.54) is 18.9 Å². The van der Waals surface area contributed by atoms with Gasteiger partial charge in [0.25, 0.3) is 0 Å². The normalized spacial score (nSPS) is 15.0. The lowest BCUT2D eigenvalue weighted by molar-refractivity contribution is -0.116. The first kappa shape index (κ1) is 18.7. The minimum absolute atomic E-state index is 0.0165. The summed E-state index contributed by atoms with van der Waals surface area (Å²) < 4.78 is 16.0. The van der Waals surface area contributed by atoms with Crippen LogP contribution in [0.4, 0.5) is 5.69 Å². The van der Waals surface area contributed by atoms with Crippen LogP contribution in [0.5, 0.6) is 11.5 Å². The van der Waals surface area contributed by atoms with Gasteiger partial charge >= 0.3 is 5.97 Å². The molecule has 2 aliphatic heterocycles. The first-order valence-electron chi connectivity index (χ1n) is 9.20. The Labute approximate surface area is 167 Å². The van der Waals surface area contributed by atoms with Crippen molar-refractivity contribution in [2.75, 3.05) is 37.5 Å². The Morgan fingerprint density at radius 2 is 1.96 bits per heavy atom. The maximum Gasteiger partial charge on any atom is 0.338 e. The molecule has 0 fully saturated rings. The van der Waals surface area contributed by atoms with Crippen LogP contribution in [0.2, 0.25) is 0 Å². The third-order valence-electron chi connectivity index (χ3n) is 4.83. The first-order valence-corrected chi connectivity index (χ1v) is 10.2. The number of carbonyl (C=O) groups is 2. The van der Waals surface area contributed by atoms with Crippen molar-refractivity contribution in [3.05, 3.63) is 47.5 Å². The molecule has 146 valence electrons. The lowest BCUT2D eigenvalue weighted by Gasteiger charge is -2.30. The zero-order valence-corrected chi connectivity index (χ0v) is 16.4. The predicted molar refractivity (Wildman–Crippen MR) is 107 cm³/mol. The molecule has 2 aromatic carbocycles. The molecule has 0 aromatic heterocycles. The highest BCUT2D eigenvalue weighted by atomic mass is 32.2. The van der Waals surface area contributed by atoms with Crippen LogP contribution in [0.15, 0.2) is 41.3 Å². The highest BCUT2D eigenvalue weighted by Crippen LogP contribution is 2.35. The molecule has 7 heteroatoms. The summed E-state index contributed by atoms with van der Waals surface area (Å²) in [5, 5.41) is 0. The molecule has 28 heavy (non-hydrogen) atoms. The third-order valence-corrected chi connectivity index (χ3v) is 5.81. The van der Waals surface area contributed by atoms with Crippen molar-refractivity contribution < 1.29 is 23.8 Å². The van der Waals surface area contributed by atoms with E-state index in [0.29, 0.717) is 31.1 Å². The zero-order valence-electron chi connectivity index (χ0n) is 15.6. The molecular formula is C21H21NO5S. The van der Waals surface area contributed by atoms with Gasteiger partial charge < -0.3 is 19.1 Å². The summed E-state index contributed by atoms with van der Waals surface area (Å²) >= 11 is 1.47. The maximum atomic E-state index is 12.9. The second-order valence-corrected chi connectivity index (χ2v) is 7.59. The Morgan fingerprint density at radius 1 is 1.14 bits per heavy atom. The summed E-state index contributed by atoms with van der Waals surface area (Å²) in [6.07, 6.45) is 1.58. The fourth-order valence-corrected chi connectivity index (χ4v) is 4.32. The maximum absolute atomic E-state index is 12.9. The molecule has 2 aromatic rings. The summed E-state index contributed by atoms with van der Waals surface area (Å²) in [6.45, 7) is 1.74. The van der Waals surface area contributed by atoms with E-state index in [0.717, 1.165) is 40.5 Å². The summed E-state index contributed by atoms with van der Waals surface area (Å²) in [7, 11) is 1.37. The molecule has 0 atom stereocenters. The van der Waals surface area contributed by atoms with Crippen molar-refractivity contribution in [1.29, 1.82) is 0 Å². The number of anilines is 1. The SMILES string of the molecule is COC(=O)c1cccc2c1CCCN2C(=O)CSc1ccc2c(c1)OCCO2. The van der Waals surface area contributed by atoms with Crippen molar-refractivity contribution in [1.82, 2.24) is 0 Å². The van der Waals surface area contributed by atoms with E-state index in [2.05, 4.69) is 0 Å². The van der Waals surface area contributed by atoms with Gasteiger partial charge in [0.05, 0.1) is 18.4 Å². The van der Waals surface area contributed by atoms with Crippen molar-refractivity contribution >= 4 is 29.3 Å². The number of ether oxygens (including phenoxy) is 3. The molecule has 0 bridgehead atoms. The van der Waals surface area contributed by atoms with Crippen molar-refractivity contribution in [2.45, 2.75) is 17.7 Å². The van der Waals surface area contributed by atoms with Crippen LogP contribution in [-0.4, -0.2) is 44.5 Å². The third kappa shape index (κ3) is 3.67. The van der Waals surface area contributed by atoms with E-state index in [-0.39, 0.29) is 11.9 Å². The Hall–Kier alpha value is -2.67. The van der Waals surface area contributed by atoms with E-state index in [9.17, 15) is 9.59 Å². The molecule has 6 nitrogen and oxygen atoms in total. The average molecular weight is 399 g/mol. The number of amides is 1. The molecule has 0 radical (unpaired) electrons. The lowest BCUT2D eigenvalue weighted by Crippen LogP contribution is -2.37. The molecule has 0 saturated heterocycles. The van der Waals surface area contributed by atoms with Gasteiger partial charge in [0.1, 0.15) is 13.2 Å². The van der Waals surface area contributed by atoms with Crippen molar-refractivity contribution in [3.63, 3.8) is 0 Å². The smallest absolute Gasteiger partial charge is 0.338 e. The highest BCUT2D eigenvalue weighted by Gasteiger charge is 2.26. The molecule has 0 unspecified atom stereocenters. The monoisotopic (exact) mass is 399 g/mol. The fraction of sp³-hybridized carbons (Fsp3) is 0.333. The summed E-state index contributed by atoms with van der Waals surface area (Å²) in [6, 6.07) is 11.2. The average Bonchev–Trinajstić information content (AvgIpc) is 2.75. The quantitative estimate of drug-likeness (QED) is 0.581. The number of esters is 1. The Morgan fingerprint density at radius 3 is 2.79 bits per heavy atom. The molecular weight excluding hydrogens is 378 g/mol. The Balaban J connectivity index is 1.49. The number of hydrogen-bond donors (Lipinski definition) is 0. The number of nitrogens with zero attached hydrogens (tertiary/aromatic N) is 1. The summed E-state index contributed by atoms with van der Waals surface area (Å²) in [5.41, 5.74) is 2.23. The molecule has 4 rings (SSSR count). The van der Waals surface area contributed by atoms with Gasteiger partial charge in [-0.1, -0.05) is 6.07 Å². The van der Waals surface area contributed by atoms with Crippen LogP contribution in [0.3, 0.4) is 0 Å². The Bertz CT molecular complexity index is 914. The molecule has 2 aliphatic rings. The molecule has 2 heterocycles. The van der Waals surface area contributed by atoms with E-state index in [1.54, 1.807) is 17.0 Å². The topological polar surface area (TPSA) is 65.1 Å². The highest BCUT2D eigenvalue weighted by molar-refractivity contribution is 8.00.